The third-order valence-corrected chi connectivity index (χ3v) is 7.31. The van der Waals surface area contributed by atoms with Crippen LogP contribution in [0.1, 0.15) is 35.6 Å². The molecule has 3 aromatic rings. The van der Waals surface area contributed by atoms with Gasteiger partial charge in [0.2, 0.25) is 18.4 Å². The minimum atomic E-state index is -2.04. The number of hydrogen-bond acceptors (Lipinski definition) is 11. The van der Waals surface area contributed by atoms with Crippen molar-refractivity contribution in [2.45, 2.75) is 44.6 Å². The molecule has 0 bridgehead atoms. The normalized spacial score (nSPS) is 19.5. The van der Waals surface area contributed by atoms with Gasteiger partial charge in [-0.25, -0.2) is 9.78 Å². The van der Waals surface area contributed by atoms with E-state index in [-0.39, 0.29) is 76.8 Å². The number of nitrogens with zero attached hydrogens (tertiary/aromatic N) is 3. The smallest absolute Gasteiger partial charge is 0.343 e. The van der Waals surface area contributed by atoms with E-state index in [2.05, 4.69) is 4.98 Å². The molecular formula is C24H20N4O10. The summed E-state index contributed by atoms with van der Waals surface area (Å²) in [6.07, 6.45) is -2.15. The summed E-state index contributed by atoms with van der Waals surface area (Å²) in [7, 11) is 0. The second kappa shape index (κ2) is 7.97. The van der Waals surface area contributed by atoms with Gasteiger partial charge in [-0.1, -0.05) is 6.92 Å². The fourth-order valence-electron chi connectivity index (χ4n) is 5.37. The van der Waals surface area contributed by atoms with E-state index < -0.39 is 46.2 Å². The Labute approximate surface area is 212 Å². The van der Waals surface area contributed by atoms with Crippen LogP contribution in [0, 0.1) is 10.1 Å². The zero-order valence-electron chi connectivity index (χ0n) is 19.8. The van der Waals surface area contributed by atoms with Crippen molar-refractivity contribution in [3.05, 3.63) is 54.9 Å². The molecular weight excluding hydrogens is 504 g/mol. The van der Waals surface area contributed by atoms with E-state index in [9.17, 15) is 34.7 Å². The standard InChI is InChI=1S/C24H20N4O10/c1-2-24(33)12-4-14-18-10(6-27(14)22(31)11(12)7-36-23(24)32)9(3-15(29)21(25)30)17-13(26-18)5-16-20(38-8-37-16)19(17)28(34)35/h4-5,15,29,33H,2-3,6-8H2,1H3,(H2,25,30)/t15?,24-/m0/s1. The van der Waals surface area contributed by atoms with Gasteiger partial charge in [-0.15, -0.1) is 0 Å². The predicted molar refractivity (Wildman–Crippen MR) is 126 cm³/mol. The number of aromatic nitrogens is 2. The van der Waals surface area contributed by atoms with E-state index in [1.165, 1.54) is 16.7 Å². The summed E-state index contributed by atoms with van der Waals surface area (Å²) in [5.74, 6) is -1.96. The van der Waals surface area contributed by atoms with Crippen LogP contribution in [0.5, 0.6) is 11.5 Å². The summed E-state index contributed by atoms with van der Waals surface area (Å²) in [6.45, 7) is 0.889. The number of nitro benzene ring substituents is 1. The van der Waals surface area contributed by atoms with Crippen LogP contribution in [0.4, 0.5) is 5.69 Å². The number of esters is 1. The maximum atomic E-state index is 13.5. The Morgan fingerprint density at radius 2 is 2.05 bits per heavy atom. The summed E-state index contributed by atoms with van der Waals surface area (Å²) in [4.78, 5) is 53.9. The number of hydrogen-bond donors (Lipinski definition) is 3. The van der Waals surface area contributed by atoms with Crippen molar-refractivity contribution in [3.63, 3.8) is 0 Å². The molecule has 2 atom stereocenters. The molecule has 5 heterocycles. The Kier molecular flexibility index (Phi) is 4.99. The number of fused-ring (bicyclic) bond motifs is 6. The number of nitrogens with two attached hydrogens (primary N) is 1. The number of aliphatic hydroxyl groups is 2. The molecule has 14 nitrogen and oxygen atoms in total. The summed E-state index contributed by atoms with van der Waals surface area (Å²) in [5.41, 5.74) is 3.55. The van der Waals surface area contributed by atoms with Gasteiger partial charge in [0.1, 0.15) is 12.7 Å². The van der Waals surface area contributed by atoms with E-state index in [0.29, 0.717) is 5.56 Å². The lowest BCUT2D eigenvalue weighted by Crippen LogP contribution is -2.44. The maximum Gasteiger partial charge on any atom is 0.343 e. The Morgan fingerprint density at radius 3 is 2.74 bits per heavy atom. The van der Waals surface area contributed by atoms with Crippen LogP contribution in [-0.4, -0.2) is 49.5 Å². The molecule has 0 radical (unpaired) electrons. The first kappa shape index (κ1) is 23.8. The van der Waals surface area contributed by atoms with E-state index in [4.69, 9.17) is 19.9 Å². The summed E-state index contributed by atoms with van der Waals surface area (Å²) in [5, 5.41) is 33.7. The van der Waals surface area contributed by atoms with Crippen molar-refractivity contribution < 1.29 is 38.9 Å². The van der Waals surface area contributed by atoms with E-state index in [0.717, 1.165) is 0 Å². The number of pyridine rings is 2. The lowest BCUT2D eigenvalue weighted by atomic mass is 9.86. The van der Waals surface area contributed by atoms with Crippen LogP contribution in [0.3, 0.4) is 0 Å². The van der Waals surface area contributed by atoms with Crippen molar-refractivity contribution in [1.82, 2.24) is 9.55 Å². The average Bonchev–Trinajstić information content (AvgIpc) is 3.49. The molecule has 1 aromatic carbocycles. The lowest BCUT2D eigenvalue weighted by molar-refractivity contribution is -0.383. The first-order valence-electron chi connectivity index (χ1n) is 11.6. The van der Waals surface area contributed by atoms with Gasteiger partial charge >= 0.3 is 11.7 Å². The van der Waals surface area contributed by atoms with E-state index in [1.807, 2.05) is 0 Å². The Morgan fingerprint density at radius 1 is 1.29 bits per heavy atom. The summed E-state index contributed by atoms with van der Waals surface area (Å²) in [6, 6.07) is 2.92. The third kappa shape index (κ3) is 3.07. The van der Waals surface area contributed by atoms with Crippen LogP contribution in [0.25, 0.3) is 22.3 Å². The summed E-state index contributed by atoms with van der Waals surface area (Å²) < 4.78 is 17.1. The Balaban J connectivity index is 1.69. The van der Waals surface area contributed by atoms with Gasteiger partial charge < -0.3 is 34.7 Å². The monoisotopic (exact) mass is 524 g/mol. The molecule has 3 aliphatic heterocycles. The van der Waals surface area contributed by atoms with Crippen LogP contribution in [0.2, 0.25) is 0 Å². The first-order valence-corrected chi connectivity index (χ1v) is 11.6. The van der Waals surface area contributed by atoms with Crippen molar-refractivity contribution >= 4 is 28.5 Å². The molecule has 0 saturated heterocycles. The molecule has 38 heavy (non-hydrogen) atoms. The molecule has 0 fully saturated rings. The predicted octanol–water partition coefficient (Wildman–Crippen LogP) is 0.105. The second-order valence-electron chi connectivity index (χ2n) is 9.25. The molecule has 1 amide bonds. The van der Waals surface area contributed by atoms with Crippen molar-refractivity contribution in [2.24, 2.45) is 5.73 Å². The molecule has 4 N–H and O–H groups in total. The van der Waals surface area contributed by atoms with Crippen molar-refractivity contribution in [3.8, 4) is 22.9 Å². The molecule has 3 aliphatic rings. The number of benzene rings is 1. The fourth-order valence-corrected chi connectivity index (χ4v) is 5.37. The average molecular weight is 524 g/mol. The van der Waals surface area contributed by atoms with Gasteiger partial charge in [0.05, 0.1) is 39.3 Å². The van der Waals surface area contributed by atoms with Crippen LogP contribution < -0.4 is 20.8 Å². The van der Waals surface area contributed by atoms with Crippen molar-refractivity contribution in [2.75, 3.05) is 6.79 Å². The Bertz CT molecular complexity index is 1680. The lowest BCUT2D eigenvalue weighted by Gasteiger charge is -2.31. The first-order chi connectivity index (χ1) is 18.1. The SMILES string of the molecule is CC[C@@]1(O)C(=O)OCc2c1cc1n(c2=O)Cc2c-1nc1cc3c(c([N+](=O)[O-])c1c2CC(O)C(N)=O)OCO3. The number of ether oxygens (including phenoxy) is 3. The number of amides is 1. The highest BCUT2D eigenvalue weighted by molar-refractivity contribution is 5.99. The second-order valence-corrected chi connectivity index (χ2v) is 9.25. The van der Waals surface area contributed by atoms with Gasteiger partial charge in [-0.3, -0.25) is 19.7 Å². The van der Waals surface area contributed by atoms with Gasteiger partial charge in [-0.2, -0.15) is 0 Å². The summed E-state index contributed by atoms with van der Waals surface area (Å²) >= 11 is 0. The number of carbonyl (C=O) groups excluding carboxylic acids is 2. The zero-order chi connectivity index (χ0) is 27.1. The largest absolute Gasteiger partial charge is 0.458 e. The fraction of sp³-hybridized carbons (Fsp3) is 0.333. The van der Waals surface area contributed by atoms with Gasteiger partial charge in [0.15, 0.2) is 11.4 Å². The molecule has 0 spiro atoms. The highest BCUT2D eigenvalue weighted by Crippen LogP contribution is 2.49. The molecule has 14 heteroatoms. The van der Waals surface area contributed by atoms with E-state index in [1.54, 1.807) is 6.92 Å². The van der Waals surface area contributed by atoms with Crippen molar-refractivity contribution in [1.29, 1.82) is 0 Å². The van der Waals surface area contributed by atoms with Gasteiger partial charge in [-0.05, 0) is 18.1 Å². The highest BCUT2D eigenvalue weighted by atomic mass is 16.7. The maximum absolute atomic E-state index is 13.5. The minimum absolute atomic E-state index is 0.00694. The Hall–Kier alpha value is -4.56. The molecule has 0 aliphatic carbocycles. The zero-order valence-corrected chi connectivity index (χ0v) is 19.8. The van der Waals surface area contributed by atoms with Crippen LogP contribution >= 0.6 is 0 Å². The molecule has 0 saturated carbocycles. The number of rotatable bonds is 5. The van der Waals surface area contributed by atoms with Gasteiger partial charge in [0, 0.05) is 23.6 Å². The number of nitro groups is 1. The van der Waals surface area contributed by atoms with Crippen LogP contribution in [-0.2, 0) is 39.5 Å². The number of carbonyl (C=O) groups is 2. The quantitative estimate of drug-likeness (QED) is 0.181. The number of cyclic esters (lactones) is 1. The minimum Gasteiger partial charge on any atom is -0.458 e. The van der Waals surface area contributed by atoms with E-state index >= 15 is 0 Å². The van der Waals surface area contributed by atoms with Crippen LogP contribution in [0.15, 0.2) is 16.9 Å². The number of primary amides is 1. The highest BCUT2D eigenvalue weighted by Gasteiger charge is 2.46. The molecule has 6 rings (SSSR count). The topological polar surface area (TPSA) is 206 Å². The molecule has 196 valence electrons. The molecule has 1 unspecified atom stereocenters. The van der Waals surface area contributed by atoms with Gasteiger partial charge in [0.25, 0.3) is 5.56 Å². The number of aliphatic hydroxyl groups excluding tert-OH is 1. The molecule has 2 aromatic heterocycles. The third-order valence-electron chi connectivity index (χ3n) is 7.31.